The fourth-order valence-electron chi connectivity index (χ4n) is 2.17. The fourth-order valence-corrected chi connectivity index (χ4v) is 2.17. The standard InChI is InChI=1S/C12H20N2O.ClH/c1-12(5-2-6-12)11(15)14-9-10-3-7-13-8-4-10;/h3,13H,2,4-9H2,1H3,(H,14,15);1H. The van der Waals surface area contributed by atoms with Crippen LogP contribution in [-0.2, 0) is 4.79 Å². The summed E-state index contributed by atoms with van der Waals surface area (Å²) in [4.78, 5) is 11.8. The number of halogens is 1. The van der Waals surface area contributed by atoms with Gasteiger partial charge in [0, 0.05) is 18.5 Å². The second-order valence-electron chi connectivity index (χ2n) is 4.91. The van der Waals surface area contributed by atoms with E-state index in [4.69, 9.17) is 0 Å². The molecule has 2 N–H and O–H groups in total. The van der Waals surface area contributed by atoms with Crippen LogP contribution in [0.1, 0.15) is 32.6 Å². The minimum absolute atomic E-state index is 0. The quantitative estimate of drug-likeness (QED) is 0.741. The molecule has 0 radical (unpaired) electrons. The van der Waals surface area contributed by atoms with Crippen molar-refractivity contribution in [3.05, 3.63) is 11.6 Å². The van der Waals surface area contributed by atoms with Crippen molar-refractivity contribution in [3.8, 4) is 0 Å². The number of amides is 1. The Morgan fingerprint density at radius 2 is 2.31 bits per heavy atom. The smallest absolute Gasteiger partial charge is 0.226 e. The number of carbonyl (C=O) groups is 1. The molecular weight excluding hydrogens is 224 g/mol. The molecule has 2 aliphatic rings. The van der Waals surface area contributed by atoms with Gasteiger partial charge in [0.05, 0.1) is 0 Å². The van der Waals surface area contributed by atoms with Crippen molar-refractivity contribution in [2.24, 2.45) is 5.41 Å². The Bertz CT molecular complexity index is 285. The van der Waals surface area contributed by atoms with Gasteiger partial charge in [-0.15, -0.1) is 12.4 Å². The molecule has 1 aliphatic carbocycles. The largest absolute Gasteiger partial charge is 0.352 e. The van der Waals surface area contributed by atoms with Crippen LogP contribution in [0.5, 0.6) is 0 Å². The molecule has 4 heteroatoms. The maximum absolute atomic E-state index is 11.8. The maximum atomic E-state index is 11.8. The van der Waals surface area contributed by atoms with E-state index in [1.54, 1.807) is 0 Å². The first-order valence-corrected chi connectivity index (χ1v) is 5.88. The molecule has 0 aromatic rings. The summed E-state index contributed by atoms with van der Waals surface area (Å²) in [7, 11) is 0. The van der Waals surface area contributed by atoms with Crippen LogP contribution in [-0.4, -0.2) is 25.5 Å². The summed E-state index contributed by atoms with van der Waals surface area (Å²) in [6, 6.07) is 0. The van der Waals surface area contributed by atoms with Gasteiger partial charge < -0.3 is 10.6 Å². The van der Waals surface area contributed by atoms with E-state index in [2.05, 4.69) is 23.6 Å². The van der Waals surface area contributed by atoms with Gasteiger partial charge in [0.25, 0.3) is 0 Å². The van der Waals surface area contributed by atoms with Gasteiger partial charge in [0.2, 0.25) is 5.91 Å². The zero-order valence-electron chi connectivity index (χ0n) is 9.84. The highest BCUT2D eigenvalue weighted by Gasteiger charge is 2.38. The molecule has 0 unspecified atom stereocenters. The van der Waals surface area contributed by atoms with Gasteiger partial charge in [0.1, 0.15) is 0 Å². The van der Waals surface area contributed by atoms with Crippen LogP contribution in [0.3, 0.4) is 0 Å². The highest BCUT2D eigenvalue weighted by Crippen LogP contribution is 2.40. The summed E-state index contributed by atoms with van der Waals surface area (Å²) in [6.45, 7) is 4.81. The van der Waals surface area contributed by atoms with E-state index in [1.807, 2.05) is 0 Å². The molecule has 3 nitrogen and oxygen atoms in total. The lowest BCUT2D eigenvalue weighted by Gasteiger charge is -2.36. The molecule has 1 aliphatic heterocycles. The minimum Gasteiger partial charge on any atom is -0.352 e. The Kier molecular flexibility index (Phi) is 4.81. The third-order valence-electron chi connectivity index (χ3n) is 3.64. The summed E-state index contributed by atoms with van der Waals surface area (Å²) >= 11 is 0. The van der Waals surface area contributed by atoms with Gasteiger partial charge in [-0.2, -0.15) is 0 Å². The van der Waals surface area contributed by atoms with Crippen molar-refractivity contribution in [3.63, 3.8) is 0 Å². The molecule has 16 heavy (non-hydrogen) atoms. The van der Waals surface area contributed by atoms with E-state index >= 15 is 0 Å². The molecular formula is C12H21ClN2O. The zero-order valence-corrected chi connectivity index (χ0v) is 10.7. The SMILES string of the molecule is CC1(C(=O)NCC2=CCNCC2)CCC1.Cl. The second kappa shape index (κ2) is 5.69. The number of hydrogen-bond acceptors (Lipinski definition) is 2. The Labute approximate surface area is 103 Å². The molecule has 0 aromatic carbocycles. The lowest BCUT2D eigenvalue weighted by atomic mass is 9.70. The van der Waals surface area contributed by atoms with E-state index in [1.165, 1.54) is 12.0 Å². The van der Waals surface area contributed by atoms with Gasteiger partial charge in [-0.05, 0) is 25.8 Å². The second-order valence-corrected chi connectivity index (χ2v) is 4.91. The van der Waals surface area contributed by atoms with Crippen LogP contribution >= 0.6 is 12.4 Å². The molecule has 0 saturated heterocycles. The van der Waals surface area contributed by atoms with Gasteiger partial charge in [-0.3, -0.25) is 4.79 Å². The topological polar surface area (TPSA) is 41.1 Å². The summed E-state index contributed by atoms with van der Waals surface area (Å²) in [5.41, 5.74) is 1.30. The Balaban J connectivity index is 0.00000128. The first-order chi connectivity index (χ1) is 7.21. The third-order valence-corrected chi connectivity index (χ3v) is 3.64. The first-order valence-electron chi connectivity index (χ1n) is 5.88. The highest BCUT2D eigenvalue weighted by atomic mass is 35.5. The molecule has 1 saturated carbocycles. The monoisotopic (exact) mass is 244 g/mol. The molecule has 2 rings (SSSR count). The van der Waals surface area contributed by atoms with E-state index in [0.717, 1.165) is 38.9 Å². The lowest BCUT2D eigenvalue weighted by Crippen LogP contribution is -2.44. The predicted molar refractivity (Wildman–Crippen MR) is 67.8 cm³/mol. The van der Waals surface area contributed by atoms with Gasteiger partial charge in [-0.1, -0.05) is 25.0 Å². The first kappa shape index (κ1) is 13.5. The summed E-state index contributed by atoms with van der Waals surface area (Å²) < 4.78 is 0. The molecule has 0 aromatic heterocycles. The number of nitrogens with one attached hydrogen (secondary N) is 2. The summed E-state index contributed by atoms with van der Waals surface area (Å²) in [5.74, 6) is 0.244. The molecule has 92 valence electrons. The van der Waals surface area contributed by atoms with Crippen molar-refractivity contribution in [2.45, 2.75) is 32.6 Å². The van der Waals surface area contributed by atoms with E-state index in [-0.39, 0.29) is 23.7 Å². The molecule has 1 amide bonds. The van der Waals surface area contributed by atoms with Crippen LogP contribution in [0, 0.1) is 5.41 Å². The van der Waals surface area contributed by atoms with E-state index < -0.39 is 0 Å². The van der Waals surface area contributed by atoms with E-state index in [9.17, 15) is 4.79 Å². The van der Waals surface area contributed by atoms with Crippen molar-refractivity contribution >= 4 is 18.3 Å². The Morgan fingerprint density at radius 3 is 2.81 bits per heavy atom. The summed E-state index contributed by atoms with van der Waals surface area (Å²) in [5, 5.41) is 6.33. The van der Waals surface area contributed by atoms with Crippen molar-refractivity contribution in [2.75, 3.05) is 19.6 Å². The predicted octanol–water partition coefficient (Wildman–Crippen LogP) is 1.63. The molecule has 0 atom stereocenters. The normalized spacial score (nSPS) is 22.4. The summed E-state index contributed by atoms with van der Waals surface area (Å²) in [6.07, 6.45) is 6.57. The number of hydrogen-bond donors (Lipinski definition) is 2. The Hall–Kier alpha value is -0.540. The minimum atomic E-state index is -0.0620. The van der Waals surface area contributed by atoms with Crippen LogP contribution < -0.4 is 10.6 Å². The van der Waals surface area contributed by atoms with Crippen molar-refractivity contribution < 1.29 is 4.79 Å². The van der Waals surface area contributed by atoms with Crippen molar-refractivity contribution in [1.29, 1.82) is 0 Å². The molecule has 1 fully saturated rings. The van der Waals surface area contributed by atoms with Crippen LogP contribution in [0.4, 0.5) is 0 Å². The van der Waals surface area contributed by atoms with E-state index in [0.29, 0.717) is 0 Å². The Morgan fingerprint density at radius 1 is 1.56 bits per heavy atom. The zero-order chi connectivity index (χ0) is 10.7. The number of carbonyl (C=O) groups excluding carboxylic acids is 1. The molecule has 0 spiro atoms. The lowest BCUT2D eigenvalue weighted by molar-refractivity contribution is -0.134. The van der Waals surface area contributed by atoms with Crippen LogP contribution in [0.25, 0.3) is 0 Å². The third kappa shape index (κ3) is 2.98. The van der Waals surface area contributed by atoms with Gasteiger partial charge in [0.15, 0.2) is 0 Å². The fraction of sp³-hybridized carbons (Fsp3) is 0.750. The highest BCUT2D eigenvalue weighted by molar-refractivity contribution is 5.85. The number of rotatable bonds is 3. The maximum Gasteiger partial charge on any atom is 0.226 e. The molecule has 1 heterocycles. The average Bonchev–Trinajstić information content (AvgIpc) is 2.24. The van der Waals surface area contributed by atoms with Gasteiger partial charge >= 0.3 is 0 Å². The van der Waals surface area contributed by atoms with Crippen LogP contribution in [0.2, 0.25) is 0 Å². The average molecular weight is 245 g/mol. The van der Waals surface area contributed by atoms with Crippen molar-refractivity contribution in [1.82, 2.24) is 10.6 Å². The van der Waals surface area contributed by atoms with Crippen LogP contribution in [0.15, 0.2) is 11.6 Å². The molecule has 0 bridgehead atoms. The van der Waals surface area contributed by atoms with Gasteiger partial charge in [-0.25, -0.2) is 0 Å².